The van der Waals surface area contributed by atoms with Crippen LogP contribution in [0.2, 0.25) is 0 Å². The molecule has 0 saturated heterocycles. The van der Waals surface area contributed by atoms with E-state index in [0.29, 0.717) is 22.9 Å². The van der Waals surface area contributed by atoms with Crippen molar-refractivity contribution in [2.75, 3.05) is 10.6 Å². The number of ether oxygens (including phenoxy) is 2. The smallest absolute Gasteiger partial charge is 0.410 e. The Morgan fingerprint density at radius 1 is 0.347 bits per heavy atom. The quantitative estimate of drug-likeness (QED) is 0.0553. The van der Waals surface area contributed by atoms with E-state index in [-0.39, 0.29) is 0 Å². The second kappa shape index (κ2) is 45.2. The summed E-state index contributed by atoms with van der Waals surface area (Å²) in [5, 5.41) is 6.01. The normalized spacial score (nSPS) is 11.3. The van der Waals surface area contributed by atoms with Gasteiger partial charge in [0.15, 0.2) is 0 Å². The molecule has 0 aromatic heterocycles. The first-order chi connectivity index (χ1) is 36.9. The van der Waals surface area contributed by atoms with Gasteiger partial charge in [-0.05, 0) is 110 Å². The van der Waals surface area contributed by atoms with Gasteiger partial charge in [0.05, 0.1) is 0 Å². The molecule has 3 rings (SSSR count). The van der Waals surface area contributed by atoms with Crippen LogP contribution in [-0.2, 0) is 25.7 Å². The molecule has 3 aromatic rings. The molecule has 0 unspecified atom stereocenters. The number of amides is 2. The zero-order chi connectivity index (χ0) is 53.7. The van der Waals surface area contributed by atoms with Gasteiger partial charge in [0.25, 0.3) is 0 Å². The Kier molecular flexibility index (Phi) is 39.5. The highest BCUT2D eigenvalue weighted by molar-refractivity contribution is 5.91. The van der Waals surface area contributed by atoms with Crippen molar-refractivity contribution in [1.82, 2.24) is 0 Å². The maximum atomic E-state index is 13.8. The number of aryl methyl sites for hydroxylation is 3. The predicted molar refractivity (Wildman–Crippen MR) is 326 cm³/mol. The summed E-state index contributed by atoms with van der Waals surface area (Å²) >= 11 is 0. The highest BCUT2D eigenvalue weighted by Gasteiger charge is 2.17. The highest BCUT2D eigenvalue weighted by Crippen LogP contribution is 2.31. The van der Waals surface area contributed by atoms with Crippen molar-refractivity contribution >= 4 is 23.6 Å². The summed E-state index contributed by atoms with van der Waals surface area (Å²) < 4.78 is 12.4. The fourth-order valence-electron chi connectivity index (χ4n) is 10.9. The van der Waals surface area contributed by atoms with Gasteiger partial charge < -0.3 is 9.47 Å². The number of carbonyl (C=O) groups excluding carboxylic acids is 2. The summed E-state index contributed by atoms with van der Waals surface area (Å²) in [6.45, 7) is 11.1. The van der Waals surface area contributed by atoms with Gasteiger partial charge in [-0.25, -0.2) is 9.59 Å². The van der Waals surface area contributed by atoms with Gasteiger partial charge in [0.1, 0.15) is 11.5 Å². The number of benzene rings is 3. The van der Waals surface area contributed by atoms with Crippen molar-refractivity contribution in [2.24, 2.45) is 0 Å². The first-order valence-corrected chi connectivity index (χ1v) is 32.2. The number of hydrogen-bond donors (Lipinski definition) is 2. The van der Waals surface area contributed by atoms with E-state index in [4.69, 9.17) is 9.47 Å². The van der Waals surface area contributed by atoms with Crippen LogP contribution in [0.25, 0.3) is 0 Å². The first kappa shape index (κ1) is 65.5. The predicted octanol–water partition coefficient (Wildman–Crippen LogP) is 23.1. The van der Waals surface area contributed by atoms with Crippen LogP contribution in [0.15, 0.2) is 54.6 Å². The molecule has 0 aliphatic rings. The van der Waals surface area contributed by atoms with E-state index in [0.717, 1.165) is 56.9 Å². The van der Waals surface area contributed by atoms with E-state index < -0.39 is 12.2 Å². The van der Waals surface area contributed by atoms with Crippen LogP contribution in [0.3, 0.4) is 0 Å². The van der Waals surface area contributed by atoms with Crippen molar-refractivity contribution in [3.8, 4) is 11.5 Å². The van der Waals surface area contributed by atoms with E-state index in [1.807, 2.05) is 43.3 Å². The molecule has 0 atom stereocenters. The minimum absolute atomic E-state index is 0.519. The summed E-state index contributed by atoms with van der Waals surface area (Å²) in [6, 6.07) is 18.1. The molecular formula is C69H114N2O4. The van der Waals surface area contributed by atoms with Crippen LogP contribution in [-0.4, -0.2) is 12.2 Å². The minimum Gasteiger partial charge on any atom is -0.410 e. The fraction of sp³-hybridized carbons (Fsp3) is 0.710. The lowest BCUT2D eigenvalue weighted by Crippen LogP contribution is -2.20. The average Bonchev–Trinajstić information content (AvgIpc) is 3.40. The van der Waals surface area contributed by atoms with Crippen molar-refractivity contribution in [2.45, 2.75) is 317 Å². The molecule has 0 bridgehead atoms. The third-order valence-corrected chi connectivity index (χ3v) is 15.7. The fourth-order valence-corrected chi connectivity index (χ4v) is 10.9. The van der Waals surface area contributed by atoms with Gasteiger partial charge in [-0.3, -0.25) is 10.6 Å². The van der Waals surface area contributed by atoms with Crippen LogP contribution >= 0.6 is 0 Å². The Bertz CT molecular complexity index is 1870. The molecule has 75 heavy (non-hydrogen) atoms. The summed E-state index contributed by atoms with van der Waals surface area (Å²) in [6.07, 6.45) is 55.0. The second-order valence-electron chi connectivity index (χ2n) is 22.6. The van der Waals surface area contributed by atoms with Crippen molar-refractivity contribution in [1.29, 1.82) is 0 Å². The van der Waals surface area contributed by atoms with Crippen molar-refractivity contribution in [3.63, 3.8) is 0 Å². The van der Waals surface area contributed by atoms with E-state index in [9.17, 15) is 9.59 Å². The van der Waals surface area contributed by atoms with Crippen LogP contribution in [0.1, 0.15) is 312 Å². The third kappa shape index (κ3) is 31.9. The van der Waals surface area contributed by atoms with Gasteiger partial charge in [0.2, 0.25) is 0 Å². The Morgan fingerprint density at radius 3 is 0.973 bits per heavy atom. The zero-order valence-electron chi connectivity index (χ0n) is 49.4. The Morgan fingerprint density at radius 2 is 0.640 bits per heavy atom. The van der Waals surface area contributed by atoms with Crippen molar-refractivity contribution in [3.05, 3.63) is 82.4 Å². The van der Waals surface area contributed by atoms with Crippen LogP contribution in [0.5, 0.6) is 11.5 Å². The monoisotopic (exact) mass is 1030 g/mol. The number of nitrogens with one attached hydrogen (secondary N) is 2. The summed E-state index contributed by atoms with van der Waals surface area (Å²) in [5.41, 5.74) is 7.01. The molecule has 2 N–H and O–H groups in total. The van der Waals surface area contributed by atoms with E-state index >= 15 is 0 Å². The topological polar surface area (TPSA) is 76.7 Å². The number of unbranched alkanes of at least 4 members (excludes halogenated alkanes) is 36. The average molecular weight is 1040 g/mol. The molecule has 424 valence electrons. The Labute approximate surface area is 462 Å². The van der Waals surface area contributed by atoms with E-state index in [1.54, 1.807) is 6.07 Å². The summed E-state index contributed by atoms with van der Waals surface area (Å²) in [7, 11) is 0. The van der Waals surface area contributed by atoms with Gasteiger partial charge >= 0.3 is 12.2 Å². The van der Waals surface area contributed by atoms with Gasteiger partial charge in [-0.15, -0.1) is 0 Å². The van der Waals surface area contributed by atoms with Gasteiger partial charge in [-0.2, -0.15) is 0 Å². The lowest BCUT2D eigenvalue weighted by atomic mass is 9.95. The molecule has 6 nitrogen and oxygen atoms in total. The van der Waals surface area contributed by atoms with Gasteiger partial charge in [0, 0.05) is 11.4 Å². The Balaban J connectivity index is 1.63. The molecular weight excluding hydrogens is 921 g/mol. The molecule has 2 amide bonds. The molecule has 0 spiro atoms. The lowest BCUT2D eigenvalue weighted by molar-refractivity contribution is 0.213. The standard InChI is InChI=1S/C69H114N2O4/c1-6-10-14-18-22-26-30-34-38-42-48-60-50-46-54-66(63(60)52-44-40-36-32-28-24-20-16-12-8-3)74-68(72)70-62-57-56-59(5)65(58-62)71-69(73)75-67-55-47-51-61(49-43-39-35-31-27-23-19-15-11-7-2)64(67)53-45-41-37-33-29-25-21-17-13-9-4/h46-47,50-51,54-58H,6-45,48-49,52-53H2,1-5H3,(H,70,72)(H,71,73). The number of rotatable bonds is 48. The Hall–Kier alpha value is -3.80. The maximum Gasteiger partial charge on any atom is 0.417 e. The molecule has 0 fully saturated rings. The largest absolute Gasteiger partial charge is 0.417 e. The van der Waals surface area contributed by atoms with Crippen molar-refractivity contribution < 1.29 is 19.1 Å². The number of anilines is 2. The van der Waals surface area contributed by atoms with E-state index in [2.05, 4.69) is 50.5 Å². The molecule has 3 aromatic carbocycles. The van der Waals surface area contributed by atoms with E-state index in [1.165, 1.54) is 253 Å². The van der Waals surface area contributed by atoms with Crippen LogP contribution < -0.4 is 20.1 Å². The second-order valence-corrected chi connectivity index (χ2v) is 22.6. The lowest BCUT2D eigenvalue weighted by Gasteiger charge is -2.17. The molecule has 6 heteroatoms. The number of carbonyl (C=O) groups is 2. The van der Waals surface area contributed by atoms with Crippen LogP contribution in [0.4, 0.5) is 21.0 Å². The maximum absolute atomic E-state index is 13.8. The molecule has 0 aliphatic heterocycles. The summed E-state index contributed by atoms with van der Waals surface area (Å²) in [4.78, 5) is 27.5. The third-order valence-electron chi connectivity index (χ3n) is 15.7. The molecule has 0 radical (unpaired) electrons. The molecule has 0 saturated carbocycles. The highest BCUT2D eigenvalue weighted by atomic mass is 16.6. The molecule has 0 aliphatic carbocycles. The summed E-state index contributed by atoms with van der Waals surface area (Å²) in [5.74, 6) is 1.32. The van der Waals surface area contributed by atoms with Gasteiger partial charge in [-0.1, -0.05) is 289 Å². The zero-order valence-corrected chi connectivity index (χ0v) is 49.4. The first-order valence-electron chi connectivity index (χ1n) is 32.2. The molecule has 0 heterocycles. The minimum atomic E-state index is -0.524. The van der Waals surface area contributed by atoms with Crippen LogP contribution in [0, 0.1) is 6.92 Å². The SMILES string of the molecule is CCCCCCCCCCCCc1cccc(OC(=O)Nc2ccc(C)c(NC(=O)Oc3cccc(CCCCCCCCCCCC)c3CCCCCCCCCCCC)c2)c1CCCCCCCCCCCC. The number of hydrogen-bond acceptors (Lipinski definition) is 4.